The molecule has 0 saturated carbocycles. The number of hydrogen-bond acceptors (Lipinski definition) is 5. The average molecular weight is 286 g/mol. The Kier molecular flexibility index (Phi) is 5.51. The monoisotopic (exact) mass is 286 g/mol. The molecular formula is C16H22N4O. The lowest BCUT2D eigenvalue weighted by Gasteiger charge is -2.18. The molecule has 0 unspecified atom stereocenters. The van der Waals surface area contributed by atoms with E-state index in [9.17, 15) is 0 Å². The molecule has 5 heteroatoms. The summed E-state index contributed by atoms with van der Waals surface area (Å²) in [6, 6.07) is 7.86. The SMILES string of the molecule is CCCNCc1cnc(N(C)c2ccc(OC)cc2)cn1. The highest BCUT2D eigenvalue weighted by atomic mass is 16.5. The number of nitrogens with zero attached hydrogens (tertiary/aromatic N) is 3. The first kappa shape index (κ1) is 15.3. The second kappa shape index (κ2) is 7.59. The van der Waals surface area contributed by atoms with E-state index in [4.69, 9.17) is 4.74 Å². The Bertz CT molecular complexity index is 539. The largest absolute Gasteiger partial charge is 0.497 e. The molecule has 0 spiro atoms. The first-order valence-electron chi connectivity index (χ1n) is 7.14. The molecule has 1 heterocycles. The molecule has 112 valence electrons. The van der Waals surface area contributed by atoms with Gasteiger partial charge in [0.1, 0.15) is 5.75 Å². The van der Waals surface area contributed by atoms with Gasteiger partial charge in [-0.25, -0.2) is 4.98 Å². The van der Waals surface area contributed by atoms with Gasteiger partial charge in [-0.3, -0.25) is 4.98 Å². The van der Waals surface area contributed by atoms with Gasteiger partial charge in [-0.1, -0.05) is 6.92 Å². The molecule has 5 nitrogen and oxygen atoms in total. The summed E-state index contributed by atoms with van der Waals surface area (Å²) in [5.41, 5.74) is 2.00. The smallest absolute Gasteiger partial charge is 0.151 e. The Morgan fingerprint density at radius 1 is 1.14 bits per heavy atom. The highest BCUT2D eigenvalue weighted by molar-refractivity contribution is 5.59. The minimum absolute atomic E-state index is 0.757. The van der Waals surface area contributed by atoms with Gasteiger partial charge >= 0.3 is 0 Å². The third-order valence-electron chi connectivity index (χ3n) is 3.23. The molecule has 21 heavy (non-hydrogen) atoms. The van der Waals surface area contributed by atoms with Crippen LogP contribution in [0.15, 0.2) is 36.7 Å². The minimum atomic E-state index is 0.757. The van der Waals surface area contributed by atoms with Crippen LogP contribution in [-0.4, -0.2) is 30.7 Å². The van der Waals surface area contributed by atoms with Crippen molar-refractivity contribution in [3.05, 3.63) is 42.4 Å². The Balaban J connectivity index is 2.02. The van der Waals surface area contributed by atoms with Gasteiger partial charge in [0, 0.05) is 19.3 Å². The fourth-order valence-electron chi connectivity index (χ4n) is 1.94. The van der Waals surface area contributed by atoms with Crippen LogP contribution in [0.4, 0.5) is 11.5 Å². The third-order valence-corrected chi connectivity index (χ3v) is 3.23. The predicted octanol–water partition coefficient (Wildman–Crippen LogP) is 2.75. The summed E-state index contributed by atoms with van der Waals surface area (Å²) < 4.78 is 5.16. The fourth-order valence-corrected chi connectivity index (χ4v) is 1.94. The Labute approximate surface area is 126 Å². The quantitative estimate of drug-likeness (QED) is 0.793. The van der Waals surface area contributed by atoms with E-state index in [1.807, 2.05) is 42.4 Å². The maximum Gasteiger partial charge on any atom is 0.151 e. The van der Waals surface area contributed by atoms with Crippen molar-refractivity contribution < 1.29 is 4.74 Å². The lowest BCUT2D eigenvalue weighted by Crippen LogP contribution is -2.16. The number of ether oxygens (including phenoxy) is 1. The van der Waals surface area contributed by atoms with Crippen molar-refractivity contribution in [1.29, 1.82) is 0 Å². The highest BCUT2D eigenvalue weighted by Gasteiger charge is 2.06. The van der Waals surface area contributed by atoms with Gasteiger partial charge in [-0.15, -0.1) is 0 Å². The molecule has 0 bridgehead atoms. The summed E-state index contributed by atoms with van der Waals surface area (Å²) in [5.74, 6) is 1.66. The van der Waals surface area contributed by atoms with Gasteiger partial charge in [-0.05, 0) is 37.2 Å². The van der Waals surface area contributed by atoms with Crippen LogP contribution >= 0.6 is 0 Å². The predicted molar refractivity (Wildman–Crippen MR) is 85.1 cm³/mol. The van der Waals surface area contributed by atoms with E-state index in [2.05, 4.69) is 22.2 Å². The summed E-state index contributed by atoms with van der Waals surface area (Å²) in [7, 11) is 3.64. The van der Waals surface area contributed by atoms with Crippen molar-refractivity contribution in [3.63, 3.8) is 0 Å². The Morgan fingerprint density at radius 3 is 2.48 bits per heavy atom. The maximum atomic E-state index is 5.16. The minimum Gasteiger partial charge on any atom is -0.497 e. The Morgan fingerprint density at radius 2 is 1.90 bits per heavy atom. The van der Waals surface area contributed by atoms with Crippen LogP contribution in [0, 0.1) is 0 Å². The number of aromatic nitrogens is 2. The van der Waals surface area contributed by atoms with Crippen LogP contribution < -0.4 is 15.0 Å². The molecular weight excluding hydrogens is 264 g/mol. The second-order valence-corrected chi connectivity index (χ2v) is 4.80. The molecule has 0 aliphatic heterocycles. The van der Waals surface area contributed by atoms with Crippen LogP contribution in [-0.2, 0) is 6.54 Å². The lowest BCUT2D eigenvalue weighted by molar-refractivity contribution is 0.415. The van der Waals surface area contributed by atoms with Crippen molar-refractivity contribution >= 4 is 11.5 Å². The zero-order valence-corrected chi connectivity index (χ0v) is 12.8. The molecule has 0 saturated heterocycles. The number of benzene rings is 1. The normalized spacial score (nSPS) is 10.4. The van der Waals surface area contributed by atoms with Crippen molar-refractivity contribution in [2.75, 3.05) is 25.6 Å². The van der Waals surface area contributed by atoms with Crippen LogP contribution in [0.25, 0.3) is 0 Å². The highest BCUT2D eigenvalue weighted by Crippen LogP contribution is 2.23. The van der Waals surface area contributed by atoms with Crippen LogP contribution in [0.5, 0.6) is 5.75 Å². The fraction of sp³-hybridized carbons (Fsp3) is 0.375. The van der Waals surface area contributed by atoms with E-state index in [1.54, 1.807) is 13.3 Å². The van der Waals surface area contributed by atoms with E-state index < -0.39 is 0 Å². The van der Waals surface area contributed by atoms with E-state index in [-0.39, 0.29) is 0 Å². The van der Waals surface area contributed by atoms with E-state index in [0.717, 1.165) is 42.5 Å². The van der Waals surface area contributed by atoms with Crippen molar-refractivity contribution in [3.8, 4) is 5.75 Å². The molecule has 1 aromatic carbocycles. The molecule has 1 N–H and O–H groups in total. The Hall–Kier alpha value is -2.14. The average Bonchev–Trinajstić information content (AvgIpc) is 2.55. The molecule has 0 atom stereocenters. The van der Waals surface area contributed by atoms with Gasteiger partial charge < -0.3 is 15.0 Å². The van der Waals surface area contributed by atoms with Crippen LogP contribution in [0.3, 0.4) is 0 Å². The van der Waals surface area contributed by atoms with Crippen LogP contribution in [0.2, 0.25) is 0 Å². The molecule has 2 aromatic rings. The topological polar surface area (TPSA) is 50.3 Å². The van der Waals surface area contributed by atoms with Gasteiger partial charge in [0.25, 0.3) is 0 Å². The first-order chi connectivity index (χ1) is 10.2. The summed E-state index contributed by atoms with van der Waals surface area (Å²) in [6.07, 6.45) is 4.73. The first-order valence-corrected chi connectivity index (χ1v) is 7.14. The molecule has 2 rings (SSSR count). The summed E-state index contributed by atoms with van der Waals surface area (Å²) in [4.78, 5) is 10.9. The van der Waals surface area contributed by atoms with Crippen molar-refractivity contribution in [1.82, 2.24) is 15.3 Å². The number of rotatable bonds is 7. The number of methoxy groups -OCH3 is 1. The van der Waals surface area contributed by atoms with Gasteiger partial charge in [0.15, 0.2) is 5.82 Å². The number of hydrogen-bond donors (Lipinski definition) is 1. The molecule has 0 amide bonds. The lowest BCUT2D eigenvalue weighted by atomic mass is 10.3. The number of anilines is 2. The van der Waals surface area contributed by atoms with Gasteiger partial charge in [-0.2, -0.15) is 0 Å². The summed E-state index contributed by atoms with van der Waals surface area (Å²) in [5, 5.41) is 3.31. The zero-order chi connectivity index (χ0) is 15.1. The van der Waals surface area contributed by atoms with E-state index >= 15 is 0 Å². The van der Waals surface area contributed by atoms with Crippen molar-refractivity contribution in [2.45, 2.75) is 19.9 Å². The molecule has 0 fully saturated rings. The van der Waals surface area contributed by atoms with Crippen LogP contribution in [0.1, 0.15) is 19.0 Å². The molecule has 0 radical (unpaired) electrons. The third kappa shape index (κ3) is 4.16. The summed E-state index contributed by atoms with van der Waals surface area (Å²) >= 11 is 0. The van der Waals surface area contributed by atoms with Gasteiger partial charge in [0.05, 0.1) is 25.2 Å². The van der Waals surface area contributed by atoms with E-state index in [1.165, 1.54) is 0 Å². The second-order valence-electron chi connectivity index (χ2n) is 4.80. The molecule has 0 aliphatic carbocycles. The molecule has 1 aromatic heterocycles. The van der Waals surface area contributed by atoms with Crippen molar-refractivity contribution in [2.24, 2.45) is 0 Å². The van der Waals surface area contributed by atoms with Gasteiger partial charge in [0.2, 0.25) is 0 Å². The zero-order valence-electron chi connectivity index (χ0n) is 12.8. The van der Waals surface area contributed by atoms with E-state index in [0.29, 0.717) is 0 Å². The standard InChI is InChI=1S/C16H22N4O/c1-4-9-17-10-13-11-19-16(12-18-13)20(2)14-5-7-15(21-3)8-6-14/h5-8,11-12,17H,4,9-10H2,1-3H3. The maximum absolute atomic E-state index is 5.16. The summed E-state index contributed by atoms with van der Waals surface area (Å²) in [6.45, 7) is 3.90. The number of nitrogens with one attached hydrogen (secondary N) is 1. The molecule has 0 aliphatic rings.